The zero-order valence-corrected chi connectivity index (χ0v) is 11.6. The van der Waals surface area contributed by atoms with Gasteiger partial charge in [0.25, 0.3) is 0 Å². The lowest BCUT2D eigenvalue weighted by atomic mass is 9.98. The summed E-state index contributed by atoms with van der Waals surface area (Å²) in [4.78, 5) is 14.3. The lowest BCUT2D eigenvalue weighted by Crippen LogP contribution is -2.32. The monoisotopic (exact) mass is 249 g/mol. The van der Waals surface area contributed by atoms with Crippen LogP contribution in [0.4, 0.5) is 0 Å². The van der Waals surface area contributed by atoms with E-state index in [2.05, 4.69) is 18.7 Å². The third kappa shape index (κ3) is 4.15. The summed E-state index contributed by atoms with van der Waals surface area (Å²) in [5.41, 5.74) is 1.03. The van der Waals surface area contributed by atoms with Gasteiger partial charge >= 0.3 is 5.97 Å². The van der Waals surface area contributed by atoms with Gasteiger partial charge in [-0.05, 0) is 25.6 Å². The van der Waals surface area contributed by atoms with Crippen LogP contribution in [0.15, 0.2) is 30.3 Å². The normalized spacial score (nSPS) is 12.4. The van der Waals surface area contributed by atoms with Crippen molar-refractivity contribution >= 4 is 5.97 Å². The smallest absolute Gasteiger partial charge is 0.314 e. The first-order valence-electron chi connectivity index (χ1n) is 6.66. The Balaban J connectivity index is 2.85. The van der Waals surface area contributed by atoms with Gasteiger partial charge in [-0.3, -0.25) is 4.79 Å². The fourth-order valence-electron chi connectivity index (χ4n) is 1.98. The molecule has 1 aromatic rings. The van der Waals surface area contributed by atoms with E-state index in [0.29, 0.717) is 6.61 Å². The highest BCUT2D eigenvalue weighted by Crippen LogP contribution is 2.18. The Kier molecular flexibility index (Phi) is 6.44. The van der Waals surface area contributed by atoms with Crippen LogP contribution in [0.25, 0.3) is 0 Å². The highest BCUT2D eigenvalue weighted by atomic mass is 16.5. The van der Waals surface area contributed by atoms with E-state index in [0.717, 1.165) is 25.2 Å². The van der Waals surface area contributed by atoms with Gasteiger partial charge in [0.2, 0.25) is 0 Å². The summed E-state index contributed by atoms with van der Waals surface area (Å²) in [5.74, 6) is -0.318. The maximum atomic E-state index is 12.1. The van der Waals surface area contributed by atoms with Crippen molar-refractivity contribution in [2.24, 2.45) is 0 Å². The van der Waals surface area contributed by atoms with Gasteiger partial charge in [-0.1, -0.05) is 44.2 Å². The molecule has 0 radical (unpaired) electrons. The molecule has 0 unspecified atom stereocenters. The first-order chi connectivity index (χ1) is 8.72. The average molecular weight is 249 g/mol. The molecule has 0 saturated heterocycles. The molecule has 1 aromatic carbocycles. The molecule has 3 nitrogen and oxygen atoms in total. The van der Waals surface area contributed by atoms with Crippen molar-refractivity contribution in [3.63, 3.8) is 0 Å². The largest absolute Gasteiger partial charge is 0.465 e. The lowest BCUT2D eigenvalue weighted by molar-refractivity contribution is -0.145. The SMILES string of the molecule is CCOC(=O)[C@H](CN(CC)CC)c1ccccc1. The quantitative estimate of drug-likeness (QED) is 0.696. The molecule has 18 heavy (non-hydrogen) atoms. The highest BCUT2D eigenvalue weighted by molar-refractivity contribution is 5.78. The number of esters is 1. The summed E-state index contributed by atoms with van der Waals surface area (Å²) in [7, 11) is 0. The van der Waals surface area contributed by atoms with E-state index in [1.54, 1.807) is 0 Å². The zero-order chi connectivity index (χ0) is 13.4. The summed E-state index contributed by atoms with van der Waals surface area (Å²) in [6.45, 7) is 9.10. The molecule has 0 heterocycles. The molecule has 0 aliphatic carbocycles. The molecule has 1 atom stereocenters. The van der Waals surface area contributed by atoms with Gasteiger partial charge in [0, 0.05) is 6.54 Å². The molecule has 0 spiro atoms. The number of nitrogens with zero attached hydrogens (tertiary/aromatic N) is 1. The standard InChI is InChI=1S/C15H23NO2/c1-4-16(5-2)12-14(15(17)18-6-3)13-10-8-7-9-11-13/h7-11,14H,4-6,12H2,1-3H3/t14-/m1/s1. The third-order valence-electron chi connectivity index (χ3n) is 3.11. The number of carbonyl (C=O) groups excluding carboxylic acids is 1. The van der Waals surface area contributed by atoms with Crippen LogP contribution in [0.1, 0.15) is 32.3 Å². The van der Waals surface area contributed by atoms with Gasteiger partial charge in [-0.25, -0.2) is 0 Å². The highest BCUT2D eigenvalue weighted by Gasteiger charge is 2.23. The predicted molar refractivity (Wildman–Crippen MR) is 73.6 cm³/mol. The van der Waals surface area contributed by atoms with Gasteiger partial charge in [0.1, 0.15) is 0 Å². The minimum Gasteiger partial charge on any atom is -0.465 e. The fraction of sp³-hybridized carbons (Fsp3) is 0.533. The molecule has 1 rings (SSSR count). The number of hydrogen-bond acceptors (Lipinski definition) is 3. The van der Waals surface area contributed by atoms with E-state index in [-0.39, 0.29) is 11.9 Å². The number of hydrogen-bond donors (Lipinski definition) is 0. The van der Waals surface area contributed by atoms with Gasteiger partial charge in [0.15, 0.2) is 0 Å². The fourth-order valence-corrected chi connectivity index (χ4v) is 1.98. The van der Waals surface area contributed by atoms with Crippen molar-refractivity contribution in [3.8, 4) is 0 Å². The van der Waals surface area contributed by atoms with Crippen LogP contribution in [0.3, 0.4) is 0 Å². The van der Waals surface area contributed by atoms with Gasteiger partial charge in [-0.15, -0.1) is 0 Å². The summed E-state index contributed by atoms with van der Waals surface area (Å²) in [6.07, 6.45) is 0. The van der Waals surface area contributed by atoms with Gasteiger partial charge in [-0.2, -0.15) is 0 Å². The average Bonchev–Trinajstić information content (AvgIpc) is 2.41. The molecule has 0 aliphatic heterocycles. The van der Waals surface area contributed by atoms with Crippen LogP contribution in [0, 0.1) is 0 Å². The Hall–Kier alpha value is -1.35. The molecule has 3 heteroatoms. The number of rotatable bonds is 7. The first kappa shape index (κ1) is 14.7. The molecule has 0 amide bonds. The third-order valence-corrected chi connectivity index (χ3v) is 3.11. The van der Waals surface area contributed by atoms with Crippen LogP contribution in [-0.4, -0.2) is 37.1 Å². The minimum absolute atomic E-state index is 0.129. The second kappa shape index (κ2) is 7.88. The van der Waals surface area contributed by atoms with Crippen LogP contribution >= 0.6 is 0 Å². The Bertz CT molecular complexity index is 347. The Morgan fingerprint density at radius 3 is 2.28 bits per heavy atom. The molecule has 0 N–H and O–H groups in total. The summed E-state index contributed by atoms with van der Waals surface area (Å²) >= 11 is 0. The molecule has 0 aromatic heterocycles. The van der Waals surface area contributed by atoms with Crippen LogP contribution in [0.5, 0.6) is 0 Å². The summed E-state index contributed by atoms with van der Waals surface area (Å²) in [5, 5.41) is 0. The van der Waals surface area contributed by atoms with E-state index in [1.807, 2.05) is 37.3 Å². The maximum Gasteiger partial charge on any atom is 0.314 e. The van der Waals surface area contributed by atoms with E-state index in [9.17, 15) is 4.79 Å². The lowest BCUT2D eigenvalue weighted by Gasteiger charge is -2.24. The summed E-state index contributed by atoms with van der Waals surface area (Å²) < 4.78 is 5.18. The Morgan fingerprint density at radius 1 is 1.17 bits per heavy atom. The van der Waals surface area contributed by atoms with E-state index in [1.165, 1.54) is 0 Å². The van der Waals surface area contributed by atoms with Gasteiger partial charge < -0.3 is 9.64 Å². The molecule has 0 aliphatic rings. The first-order valence-corrected chi connectivity index (χ1v) is 6.66. The Morgan fingerprint density at radius 2 is 1.78 bits per heavy atom. The second-order valence-corrected chi connectivity index (χ2v) is 4.20. The molecule has 0 fully saturated rings. The number of benzene rings is 1. The molecular weight excluding hydrogens is 226 g/mol. The van der Waals surface area contributed by atoms with Crippen LogP contribution < -0.4 is 0 Å². The van der Waals surface area contributed by atoms with Crippen LogP contribution in [-0.2, 0) is 9.53 Å². The maximum absolute atomic E-state index is 12.1. The van der Waals surface area contributed by atoms with Gasteiger partial charge in [0.05, 0.1) is 12.5 Å². The van der Waals surface area contributed by atoms with Crippen molar-refractivity contribution in [1.29, 1.82) is 0 Å². The van der Waals surface area contributed by atoms with Crippen molar-refractivity contribution in [3.05, 3.63) is 35.9 Å². The topological polar surface area (TPSA) is 29.5 Å². The number of likely N-dealkylation sites (N-methyl/N-ethyl adjacent to an activating group) is 1. The van der Waals surface area contributed by atoms with E-state index < -0.39 is 0 Å². The van der Waals surface area contributed by atoms with E-state index in [4.69, 9.17) is 4.74 Å². The second-order valence-electron chi connectivity index (χ2n) is 4.20. The molecular formula is C15H23NO2. The van der Waals surface area contributed by atoms with E-state index >= 15 is 0 Å². The molecule has 0 saturated carbocycles. The predicted octanol–water partition coefficient (Wildman–Crippen LogP) is 2.68. The molecule has 0 bridgehead atoms. The van der Waals surface area contributed by atoms with Crippen LogP contribution in [0.2, 0.25) is 0 Å². The molecule has 100 valence electrons. The number of carbonyl (C=O) groups is 1. The zero-order valence-electron chi connectivity index (χ0n) is 11.6. The number of ether oxygens (including phenoxy) is 1. The summed E-state index contributed by atoms with van der Waals surface area (Å²) in [6, 6.07) is 9.87. The van der Waals surface area contributed by atoms with Crippen molar-refractivity contribution in [2.75, 3.05) is 26.2 Å². The Labute approximate surface area is 110 Å². The van der Waals surface area contributed by atoms with Crippen molar-refractivity contribution in [1.82, 2.24) is 4.90 Å². The minimum atomic E-state index is -0.189. The van der Waals surface area contributed by atoms with Crippen molar-refractivity contribution in [2.45, 2.75) is 26.7 Å². The van der Waals surface area contributed by atoms with Crippen molar-refractivity contribution < 1.29 is 9.53 Å².